The summed E-state index contributed by atoms with van der Waals surface area (Å²) in [5, 5.41) is 12.5. The second-order valence-electron chi connectivity index (χ2n) is 6.97. The van der Waals surface area contributed by atoms with E-state index in [-0.39, 0.29) is 11.7 Å². The molecule has 0 atom stereocenters. The first-order valence-electron chi connectivity index (χ1n) is 10.0. The van der Waals surface area contributed by atoms with Crippen molar-refractivity contribution in [1.29, 1.82) is 0 Å². The topological polar surface area (TPSA) is 82.4 Å². The monoisotopic (exact) mass is 477 g/mol. The first kappa shape index (κ1) is 21.4. The molecule has 0 spiro atoms. The molecule has 8 nitrogen and oxygen atoms in total. The van der Waals surface area contributed by atoms with Gasteiger partial charge in [0.2, 0.25) is 11.1 Å². The Morgan fingerprint density at radius 2 is 1.64 bits per heavy atom. The van der Waals surface area contributed by atoms with E-state index in [2.05, 4.69) is 15.5 Å². The lowest BCUT2D eigenvalue weighted by Gasteiger charge is -2.30. The summed E-state index contributed by atoms with van der Waals surface area (Å²) in [7, 11) is 3.17. The summed E-state index contributed by atoms with van der Waals surface area (Å²) in [5.41, 5.74) is 2.38. The summed E-state index contributed by atoms with van der Waals surface area (Å²) in [6.45, 7) is 0. The lowest BCUT2D eigenvalue weighted by atomic mass is 10.2. The standard InChI is InChI=1S/C23H19N5O3S2/c1-30-15-11-12-19(31-2)18(13-15)28-23(24-25-26-28)32-14-22(29)27-16-7-3-5-9-20(16)33-21-10-6-4-8-17(21)27/h3-13H,14H2,1-2H3. The lowest BCUT2D eigenvalue weighted by Crippen LogP contribution is -2.30. The van der Waals surface area contributed by atoms with Crippen LogP contribution in [0, 0.1) is 0 Å². The van der Waals surface area contributed by atoms with E-state index >= 15 is 0 Å². The highest BCUT2D eigenvalue weighted by Gasteiger charge is 2.28. The Hall–Kier alpha value is -3.50. The molecule has 0 saturated carbocycles. The molecule has 0 aliphatic carbocycles. The maximum Gasteiger partial charge on any atom is 0.242 e. The fourth-order valence-electron chi connectivity index (χ4n) is 3.55. The molecular formula is C23H19N5O3S2. The maximum atomic E-state index is 13.5. The summed E-state index contributed by atoms with van der Waals surface area (Å²) in [6, 6.07) is 21.2. The molecule has 2 heterocycles. The van der Waals surface area contributed by atoms with Crippen LogP contribution in [-0.2, 0) is 4.79 Å². The van der Waals surface area contributed by atoms with Gasteiger partial charge in [-0.2, -0.15) is 4.68 Å². The number of ether oxygens (including phenoxy) is 2. The average Bonchev–Trinajstić information content (AvgIpc) is 3.33. The van der Waals surface area contributed by atoms with Gasteiger partial charge in [0.15, 0.2) is 0 Å². The molecule has 0 saturated heterocycles. The highest BCUT2D eigenvalue weighted by atomic mass is 32.2. The number of tetrazole rings is 1. The van der Waals surface area contributed by atoms with E-state index in [9.17, 15) is 4.79 Å². The molecule has 0 unspecified atom stereocenters. The van der Waals surface area contributed by atoms with Crippen molar-refractivity contribution >= 4 is 40.8 Å². The molecule has 4 aromatic rings. The van der Waals surface area contributed by atoms with E-state index in [4.69, 9.17) is 9.47 Å². The van der Waals surface area contributed by atoms with Crippen LogP contribution >= 0.6 is 23.5 Å². The Kier molecular flexibility index (Phi) is 5.93. The van der Waals surface area contributed by atoms with Gasteiger partial charge in [-0.3, -0.25) is 9.69 Å². The third-order valence-electron chi connectivity index (χ3n) is 5.06. The molecule has 1 aliphatic heterocycles. The van der Waals surface area contributed by atoms with E-state index in [0.29, 0.717) is 22.3 Å². The molecule has 0 fully saturated rings. The molecule has 0 N–H and O–H groups in total. The first-order valence-corrected chi connectivity index (χ1v) is 11.8. The number of para-hydroxylation sites is 2. The Bertz CT molecular complexity index is 1280. The van der Waals surface area contributed by atoms with Crippen molar-refractivity contribution in [1.82, 2.24) is 20.2 Å². The Balaban J connectivity index is 1.43. The van der Waals surface area contributed by atoms with Crippen molar-refractivity contribution in [2.45, 2.75) is 14.9 Å². The van der Waals surface area contributed by atoms with E-state index in [1.807, 2.05) is 48.5 Å². The van der Waals surface area contributed by atoms with Gasteiger partial charge >= 0.3 is 0 Å². The Morgan fingerprint density at radius 3 is 2.30 bits per heavy atom. The zero-order valence-electron chi connectivity index (χ0n) is 17.8. The number of amides is 1. The third kappa shape index (κ3) is 4.03. The van der Waals surface area contributed by atoms with Gasteiger partial charge in [-0.05, 0) is 46.8 Å². The van der Waals surface area contributed by atoms with Crippen LogP contribution in [0.2, 0.25) is 0 Å². The number of carbonyl (C=O) groups is 1. The SMILES string of the molecule is COc1ccc(OC)c(-n2nnnc2SCC(=O)N2c3ccccc3Sc3ccccc32)c1. The highest BCUT2D eigenvalue weighted by molar-refractivity contribution is 8.00. The minimum absolute atomic E-state index is 0.0626. The highest BCUT2D eigenvalue weighted by Crippen LogP contribution is 2.48. The zero-order valence-corrected chi connectivity index (χ0v) is 19.5. The van der Waals surface area contributed by atoms with Crippen LogP contribution in [0.5, 0.6) is 11.5 Å². The Labute approximate surface area is 198 Å². The zero-order chi connectivity index (χ0) is 22.8. The normalized spacial score (nSPS) is 12.1. The minimum atomic E-state index is -0.0626. The summed E-state index contributed by atoms with van der Waals surface area (Å²) < 4.78 is 12.3. The molecule has 1 aromatic heterocycles. The predicted molar refractivity (Wildman–Crippen MR) is 127 cm³/mol. The predicted octanol–water partition coefficient (Wildman–Crippen LogP) is 4.60. The lowest BCUT2D eigenvalue weighted by molar-refractivity contribution is -0.115. The second kappa shape index (κ2) is 9.16. The fraction of sp³-hybridized carbons (Fsp3) is 0.130. The van der Waals surface area contributed by atoms with Gasteiger partial charge < -0.3 is 9.47 Å². The van der Waals surface area contributed by atoms with Crippen LogP contribution in [0.25, 0.3) is 5.69 Å². The summed E-state index contributed by atoms with van der Waals surface area (Å²) >= 11 is 2.93. The van der Waals surface area contributed by atoms with Crippen molar-refractivity contribution in [3.63, 3.8) is 0 Å². The summed E-state index contributed by atoms with van der Waals surface area (Å²) in [4.78, 5) is 17.3. The van der Waals surface area contributed by atoms with Crippen LogP contribution in [0.4, 0.5) is 11.4 Å². The van der Waals surface area contributed by atoms with Crippen LogP contribution < -0.4 is 14.4 Å². The molecule has 1 aliphatic rings. The van der Waals surface area contributed by atoms with Crippen molar-refractivity contribution < 1.29 is 14.3 Å². The molecule has 5 rings (SSSR count). The molecule has 3 aromatic carbocycles. The van der Waals surface area contributed by atoms with Crippen LogP contribution in [0.15, 0.2) is 81.7 Å². The quantitative estimate of drug-likeness (QED) is 0.373. The second-order valence-corrected chi connectivity index (χ2v) is 8.99. The number of fused-ring (bicyclic) bond motifs is 2. The molecule has 33 heavy (non-hydrogen) atoms. The van der Waals surface area contributed by atoms with Crippen molar-refractivity contribution in [3.05, 3.63) is 66.7 Å². The number of hydrogen-bond donors (Lipinski definition) is 0. The number of carbonyl (C=O) groups excluding carboxylic acids is 1. The van der Waals surface area contributed by atoms with Crippen LogP contribution in [0.1, 0.15) is 0 Å². The number of methoxy groups -OCH3 is 2. The minimum Gasteiger partial charge on any atom is -0.497 e. The molecule has 1 amide bonds. The summed E-state index contributed by atoms with van der Waals surface area (Å²) in [6.07, 6.45) is 0. The van der Waals surface area contributed by atoms with E-state index < -0.39 is 0 Å². The third-order valence-corrected chi connectivity index (χ3v) is 7.10. The van der Waals surface area contributed by atoms with E-state index in [1.165, 1.54) is 11.8 Å². The first-order chi connectivity index (χ1) is 16.2. The molecular weight excluding hydrogens is 458 g/mol. The van der Waals surface area contributed by atoms with Gasteiger partial charge in [0, 0.05) is 15.9 Å². The van der Waals surface area contributed by atoms with Gasteiger partial charge in [-0.15, -0.1) is 5.10 Å². The smallest absolute Gasteiger partial charge is 0.242 e. The number of hydrogen-bond acceptors (Lipinski definition) is 8. The van der Waals surface area contributed by atoms with Crippen molar-refractivity contribution in [3.8, 4) is 17.2 Å². The van der Waals surface area contributed by atoms with Gasteiger partial charge in [-0.25, -0.2) is 0 Å². The number of aromatic nitrogens is 4. The van der Waals surface area contributed by atoms with E-state index in [0.717, 1.165) is 21.2 Å². The van der Waals surface area contributed by atoms with Gasteiger partial charge in [0.1, 0.15) is 17.2 Å². The number of nitrogens with zero attached hydrogens (tertiary/aromatic N) is 5. The molecule has 0 radical (unpaired) electrons. The van der Waals surface area contributed by atoms with E-state index in [1.54, 1.807) is 53.8 Å². The van der Waals surface area contributed by atoms with Crippen LogP contribution in [0.3, 0.4) is 0 Å². The average molecular weight is 478 g/mol. The van der Waals surface area contributed by atoms with Crippen LogP contribution in [-0.4, -0.2) is 46.1 Å². The molecule has 0 bridgehead atoms. The number of thioether (sulfide) groups is 1. The Morgan fingerprint density at radius 1 is 0.939 bits per heavy atom. The largest absolute Gasteiger partial charge is 0.497 e. The fourth-order valence-corrected chi connectivity index (χ4v) is 5.34. The molecule has 10 heteroatoms. The van der Waals surface area contributed by atoms with Gasteiger partial charge in [-0.1, -0.05) is 47.8 Å². The van der Waals surface area contributed by atoms with Gasteiger partial charge in [0.05, 0.1) is 31.3 Å². The maximum absolute atomic E-state index is 13.5. The molecule has 166 valence electrons. The van der Waals surface area contributed by atoms with Crippen molar-refractivity contribution in [2.24, 2.45) is 0 Å². The summed E-state index contributed by atoms with van der Waals surface area (Å²) in [5.74, 6) is 1.33. The van der Waals surface area contributed by atoms with Gasteiger partial charge in [0.25, 0.3) is 0 Å². The van der Waals surface area contributed by atoms with Crippen molar-refractivity contribution in [2.75, 3.05) is 24.9 Å². The number of benzene rings is 3. The number of anilines is 2. The number of rotatable bonds is 6.